The van der Waals surface area contributed by atoms with E-state index in [1.165, 1.54) is 7.11 Å². The Balaban J connectivity index is 1.46. The second kappa shape index (κ2) is 11.4. The fraction of sp³-hybridized carbons (Fsp3) is 0.129. The van der Waals surface area contributed by atoms with Crippen LogP contribution in [0.25, 0.3) is 33.2 Å². The smallest absolute Gasteiger partial charge is 0.438 e. The van der Waals surface area contributed by atoms with Gasteiger partial charge >= 0.3 is 6.16 Å². The molecule has 1 aromatic heterocycles. The predicted octanol–water partition coefficient (Wildman–Crippen LogP) is 6.36. The Bertz CT molecular complexity index is 1600. The second-order valence-electron chi connectivity index (χ2n) is 8.72. The number of fused-ring (bicyclic) bond motifs is 2. The van der Waals surface area contributed by atoms with Crippen molar-refractivity contribution in [2.75, 3.05) is 20.3 Å². The van der Waals surface area contributed by atoms with Crippen molar-refractivity contribution >= 4 is 33.9 Å². The Morgan fingerprint density at radius 3 is 2.50 bits per heavy atom. The van der Waals surface area contributed by atoms with Crippen molar-refractivity contribution in [3.63, 3.8) is 0 Å². The predicted molar refractivity (Wildman–Crippen MR) is 148 cm³/mol. The molecule has 1 heterocycles. The molecule has 0 aliphatic rings. The first-order valence-corrected chi connectivity index (χ1v) is 12.3. The SMILES string of the molecule is COC(=O)OC/C=C/CN(Cc1ccccc1)C(=O)c1cccc2[nH]c(-c3cccc4ccccc34)nc12. The van der Waals surface area contributed by atoms with E-state index in [0.29, 0.717) is 30.0 Å². The molecule has 0 aliphatic carbocycles. The lowest BCUT2D eigenvalue weighted by Crippen LogP contribution is -2.31. The molecule has 5 rings (SSSR count). The van der Waals surface area contributed by atoms with Gasteiger partial charge in [0, 0.05) is 18.7 Å². The highest BCUT2D eigenvalue weighted by Crippen LogP contribution is 2.29. The highest BCUT2D eigenvalue weighted by molar-refractivity contribution is 6.06. The maximum atomic E-state index is 13.9. The van der Waals surface area contributed by atoms with Gasteiger partial charge in [0.15, 0.2) is 0 Å². The third-order valence-corrected chi connectivity index (χ3v) is 6.25. The summed E-state index contributed by atoms with van der Waals surface area (Å²) in [4.78, 5) is 35.1. The van der Waals surface area contributed by atoms with E-state index in [9.17, 15) is 9.59 Å². The number of hydrogen-bond donors (Lipinski definition) is 1. The molecule has 7 heteroatoms. The number of aromatic nitrogens is 2. The van der Waals surface area contributed by atoms with Gasteiger partial charge in [0.05, 0.1) is 18.2 Å². The van der Waals surface area contributed by atoms with E-state index in [0.717, 1.165) is 27.4 Å². The molecule has 4 aromatic carbocycles. The van der Waals surface area contributed by atoms with Crippen molar-refractivity contribution < 1.29 is 19.1 Å². The van der Waals surface area contributed by atoms with Crippen molar-refractivity contribution in [1.82, 2.24) is 14.9 Å². The molecule has 0 fully saturated rings. The highest BCUT2D eigenvalue weighted by atomic mass is 16.7. The normalized spacial score (nSPS) is 11.2. The molecule has 38 heavy (non-hydrogen) atoms. The lowest BCUT2D eigenvalue weighted by Gasteiger charge is -2.21. The van der Waals surface area contributed by atoms with Gasteiger partial charge in [-0.3, -0.25) is 4.79 Å². The van der Waals surface area contributed by atoms with Gasteiger partial charge in [0.2, 0.25) is 0 Å². The molecule has 0 saturated carbocycles. The summed E-state index contributed by atoms with van der Waals surface area (Å²) in [5.41, 5.74) is 3.91. The van der Waals surface area contributed by atoms with E-state index in [1.807, 2.05) is 66.7 Å². The van der Waals surface area contributed by atoms with E-state index in [-0.39, 0.29) is 12.5 Å². The van der Waals surface area contributed by atoms with Crippen LogP contribution in [-0.2, 0) is 16.0 Å². The lowest BCUT2D eigenvalue weighted by atomic mass is 10.0. The molecule has 1 amide bonds. The topological polar surface area (TPSA) is 84.5 Å². The molecule has 0 atom stereocenters. The standard InChI is InChI=1S/C31H27N3O4/c1-37-31(36)38-20-8-7-19-34(21-22-11-3-2-4-12-22)30(35)26-17-10-18-27-28(26)33-29(32-27)25-16-9-14-23-13-5-6-15-24(23)25/h2-18H,19-21H2,1H3,(H,32,33)/b8-7+. The Morgan fingerprint density at radius 2 is 1.66 bits per heavy atom. The fourth-order valence-corrected chi connectivity index (χ4v) is 4.40. The van der Waals surface area contributed by atoms with Gasteiger partial charge < -0.3 is 19.4 Å². The van der Waals surface area contributed by atoms with Crippen LogP contribution in [-0.4, -0.2) is 47.2 Å². The Hall–Kier alpha value is -4.91. The van der Waals surface area contributed by atoms with Gasteiger partial charge in [-0.2, -0.15) is 0 Å². The van der Waals surface area contributed by atoms with Gasteiger partial charge in [0.1, 0.15) is 17.9 Å². The highest BCUT2D eigenvalue weighted by Gasteiger charge is 2.20. The van der Waals surface area contributed by atoms with E-state index < -0.39 is 6.16 Å². The summed E-state index contributed by atoms with van der Waals surface area (Å²) >= 11 is 0. The Morgan fingerprint density at radius 1 is 0.895 bits per heavy atom. The van der Waals surface area contributed by atoms with Crippen LogP contribution in [0.2, 0.25) is 0 Å². The molecule has 0 unspecified atom stereocenters. The van der Waals surface area contributed by atoms with Gasteiger partial charge in [-0.15, -0.1) is 0 Å². The third-order valence-electron chi connectivity index (χ3n) is 6.25. The minimum atomic E-state index is -0.751. The van der Waals surface area contributed by atoms with Gasteiger partial charge in [0.25, 0.3) is 5.91 Å². The monoisotopic (exact) mass is 505 g/mol. The van der Waals surface area contributed by atoms with E-state index in [2.05, 4.69) is 27.9 Å². The van der Waals surface area contributed by atoms with Gasteiger partial charge in [-0.25, -0.2) is 9.78 Å². The van der Waals surface area contributed by atoms with E-state index in [1.54, 1.807) is 23.1 Å². The largest absolute Gasteiger partial charge is 0.508 e. The fourth-order valence-electron chi connectivity index (χ4n) is 4.40. The van der Waals surface area contributed by atoms with Crippen molar-refractivity contribution in [2.24, 2.45) is 0 Å². The number of benzene rings is 4. The number of carbonyl (C=O) groups is 2. The van der Waals surface area contributed by atoms with Crippen LogP contribution in [0.5, 0.6) is 0 Å². The number of nitrogens with one attached hydrogen (secondary N) is 1. The number of hydrogen-bond acceptors (Lipinski definition) is 5. The third kappa shape index (κ3) is 5.42. The van der Waals surface area contributed by atoms with E-state index in [4.69, 9.17) is 9.72 Å². The molecule has 0 saturated heterocycles. The minimum absolute atomic E-state index is 0.0589. The molecular weight excluding hydrogens is 478 g/mol. The Labute approximate surface area is 220 Å². The molecule has 0 spiro atoms. The van der Waals surface area contributed by atoms with Gasteiger partial charge in [-0.1, -0.05) is 84.9 Å². The first kappa shape index (κ1) is 24.8. The minimum Gasteiger partial charge on any atom is -0.438 e. The molecule has 0 radical (unpaired) electrons. The summed E-state index contributed by atoms with van der Waals surface area (Å²) < 4.78 is 9.39. The number of nitrogens with zero attached hydrogens (tertiary/aromatic N) is 2. The summed E-state index contributed by atoms with van der Waals surface area (Å²) in [7, 11) is 1.26. The zero-order valence-electron chi connectivity index (χ0n) is 21.0. The summed E-state index contributed by atoms with van der Waals surface area (Å²) in [5, 5.41) is 2.21. The van der Waals surface area contributed by atoms with Gasteiger partial charge in [-0.05, 0) is 34.5 Å². The molecular formula is C31H27N3O4. The molecule has 5 aromatic rings. The van der Waals surface area contributed by atoms with Crippen LogP contribution in [0.4, 0.5) is 4.79 Å². The maximum Gasteiger partial charge on any atom is 0.508 e. The summed E-state index contributed by atoms with van der Waals surface area (Å²) in [6.07, 6.45) is 2.74. The van der Waals surface area contributed by atoms with Crippen LogP contribution >= 0.6 is 0 Å². The average molecular weight is 506 g/mol. The van der Waals surface area contributed by atoms with Crippen molar-refractivity contribution in [2.45, 2.75) is 6.54 Å². The quantitative estimate of drug-likeness (QED) is 0.196. The molecule has 0 bridgehead atoms. The maximum absolute atomic E-state index is 13.9. The van der Waals surface area contributed by atoms with Crippen molar-refractivity contribution in [3.05, 3.63) is 114 Å². The molecule has 0 aliphatic heterocycles. The summed E-state index contributed by atoms with van der Waals surface area (Å²) in [6, 6.07) is 29.7. The molecule has 190 valence electrons. The lowest BCUT2D eigenvalue weighted by molar-refractivity contribution is 0.0757. The first-order chi connectivity index (χ1) is 18.6. The van der Waals surface area contributed by atoms with Crippen LogP contribution in [0.1, 0.15) is 15.9 Å². The summed E-state index contributed by atoms with van der Waals surface area (Å²) in [6.45, 7) is 0.803. The summed E-state index contributed by atoms with van der Waals surface area (Å²) in [5.74, 6) is 0.570. The molecule has 7 nitrogen and oxygen atoms in total. The number of carbonyl (C=O) groups excluding carboxylic acids is 2. The van der Waals surface area contributed by atoms with Crippen LogP contribution in [0.15, 0.2) is 103 Å². The van der Waals surface area contributed by atoms with E-state index >= 15 is 0 Å². The first-order valence-electron chi connectivity index (χ1n) is 12.3. The number of imidazole rings is 1. The number of methoxy groups -OCH3 is 1. The average Bonchev–Trinajstić information content (AvgIpc) is 3.40. The zero-order chi connectivity index (χ0) is 26.3. The van der Waals surface area contributed by atoms with Crippen LogP contribution < -0.4 is 0 Å². The Kier molecular flexibility index (Phi) is 7.45. The number of rotatable bonds is 8. The second-order valence-corrected chi connectivity index (χ2v) is 8.72. The number of amides is 1. The van der Waals surface area contributed by atoms with Crippen LogP contribution in [0.3, 0.4) is 0 Å². The van der Waals surface area contributed by atoms with Crippen molar-refractivity contribution in [1.29, 1.82) is 0 Å². The number of aromatic amines is 1. The number of ether oxygens (including phenoxy) is 2. The zero-order valence-corrected chi connectivity index (χ0v) is 21.0. The van der Waals surface area contributed by atoms with Crippen LogP contribution in [0, 0.1) is 0 Å². The number of para-hydroxylation sites is 1. The van der Waals surface area contributed by atoms with Crippen molar-refractivity contribution in [3.8, 4) is 11.4 Å². The molecule has 1 N–H and O–H groups in total. The number of H-pyrrole nitrogens is 1.